The average molecular weight is 395 g/mol. The Morgan fingerprint density at radius 2 is 1.79 bits per heavy atom. The van der Waals surface area contributed by atoms with Gasteiger partial charge in [-0.2, -0.15) is 0 Å². The highest BCUT2D eigenvalue weighted by Crippen LogP contribution is 2.28. The summed E-state index contributed by atoms with van der Waals surface area (Å²) in [5.74, 6) is 0.213. The highest BCUT2D eigenvalue weighted by molar-refractivity contribution is 6.08. The predicted octanol–water partition coefficient (Wildman–Crippen LogP) is 3.44. The van der Waals surface area contributed by atoms with Crippen LogP contribution in [0.5, 0.6) is 11.5 Å². The van der Waals surface area contributed by atoms with Gasteiger partial charge >= 0.3 is 0 Å². The third-order valence-corrected chi connectivity index (χ3v) is 4.61. The van der Waals surface area contributed by atoms with Gasteiger partial charge in [-0.15, -0.1) is 0 Å². The quantitative estimate of drug-likeness (QED) is 0.474. The first-order valence-corrected chi connectivity index (χ1v) is 9.50. The van der Waals surface area contributed by atoms with E-state index >= 15 is 0 Å². The van der Waals surface area contributed by atoms with Gasteiger partial charge in [0.2, 0.25) is 0 Å². The number of rotatable bonds is 7. The van der Waals surface area contributed by atoms with Gasteiger partial charge in [0.1, 0.15) is 0 Å². The zero-order valence-corrected chi connectivity index (χ0v) is 16.8. The van der Waals surface area contributed by atoms with E-state index in [1.807, 2.05) is 35.9 Å². The number of benzene rings is 2. The lowest BCUT2D eigenvalue weighted by atomic mass is 10.1. The lowest BCUT2D eigenvalue weighted by Crippen LogP contribution is -2.41. The van der Waals surface area contributed by atoms with Crippen LogP contribution in [0, 0.1) is 0 Å². The Balaban J connectivity index is 1.67. The summed E-state index contributed by atoms with van der Waals surface area (Å²) in [6, 6.07) is 12.5. The van der Waals surface area contributed by atoms with E-state index in [4.69, 9.17) is 9.47 Å². The van der Waals surface area contributed by atoms with Gasteiger partial charge in [0, 0.05) is 29.7 Å². The first-order valence-electron chi connectivity index (χ1n) is 9.50. The van der Waals surface area contributed by atoms with E-state index in [2.05, 4.69) is 17.8 Å². The molecule has 2 aromatic carbocycles. The number of carbonyl (C=O) groups excluding carboxylic acids is 2. The van der Waals surface area contributed by atoms with Crippen LogP contribution in [0.1, 0.15) is 40.5 Å². The molecule has 0 unspecified atom stereocenters. The number of para-hydroxylation sites is 1. The molecule has 3 rings (SSSR count). The highest BCUT2D eigenvalue weighted by atomic mass is 16.5. The smallest absolute Gasteiger partial charge is 0.271 e. The summed E-state index contributed by atoms with van der Waals surface area (Å²) in [6.07, 6.45) is 3.70. The molecule has 0 radical (unpaired) electrons. The van der Waals surface area contributed by atoms with Crippen LogP contribution in [-0.4, -0.2) is 30.1 Å². The summed E-state index contributed by atoms with van der Waals surface area (Å²) in [4.78, 5) is 25.0. The topological polar surface area (TPSA) is 81.6 Å². The van der Waals surface area contributed by atoms with E-state index < -0.39 is 5.91 Å². The Kier molecular flexibility index (Phi) is 6.39. The monoisotopic (exact) mass is 395 g/mol. The van der Waals surface area contributed by atoms with Gasteiger partial charge in [-0.3, -0.25) is 20.4 Å². The van der Waals surface area contributed by atoms with Crippen molar-refractivity contribution in [3.63, 3.8) is 0 Å². The fourth-order valence-corrected chi connectivity index (χ4v) is 3.03. The van der Waals surface area contributed by atoms with Crippen molar-refractivity contribution in [3.05, 3.63) is 59.8 Å². The van der Waals surface area contributed by atoms with E-state index in [-0.39, 0.29) is 5.91 Å². The molecule has 152 valence electrons. The maximum atomic E-state index is 12.5. The first kappa shape index (κ1) is 20.3. The number of nitrogens with one attached hydrogen (secondary N) is 2. The van der Waals surface area contributed by atoms with Gasteiger partial charge < -0.3 is 14.0 Å². The summed E-state index contributed by atoms with van der Waals surface area (Å²) in [7, 11) is 3.39. The number of aromatic nitrogens is 1. The van der Waals surface area contributed by atoms with Crippen LogP contribution in [0.25, 0.3) is 10.9 Å². The maximum Gasteiger partial charge on any atom is 0.271 e. The zero-order valence-electron chi connectivity index (χ0n) is 16.8. The van der Waals surface area contributed by atoms with Crippen molar-refractivity contribution >= 4 is 22.7 Å². The Bertz CT molecular complexity index is 1030. The molecule has 0 aliphatic heterocycles. The number of methoxy groups -OCH3 is 1. The van der Waals surface area contributed by atoms with Crippen molar-refractivity contribution in [2.24, 2.45) is 7.05 Å². The maximum absolute atomic E-state index is 12.5. The number of nitrogens with zero attached hydrogens (tertiary/aromatic N) is 1. The van der Waals surface area contributed by atoms with E-state index in [0.29, 0.717) is 29.2 Å². The fraction of sp³-hybridized carbons (Fsp3) is 0.273. The molecule has 1 aromatic heterocycles. The lowest BCUT2D eigenvalue weighted by Gasteiger charge is -2.12. The van der Waals surface area contributed by atoms with Crippen LogP contribution in [0.15, 0.2) is 48.7 Å². The SMILES string of the molecule is CCCCOc1ccc(C(=O)NNC(=O)c2cn(C)c3ccccc23)cc1OC. The highest BCUT2D eigenvalue weighted by Gasteiger charge is 2.16. The van der Waals surface area contributed by atoms with Gasteiger partial charge in [-0.25, -0.2) is 0 Å². The van der Waals surface area contributed by atoms with Crippen LogP contribution in [0.3, 0.4) is 0 Å². The molecule has 0 aliphatic carbocycles. The molecule has 7 nitrogen and oxygen atoms in total. The summed E-state index contributed by atoms with van der Waals surface area (Å²) in [6.45, 7) is 2.67. The molecule has 0 spiro atoms. The molecule has 29 heavy (non-hydrogen) atoms. The molecule has 1 heterocycles. The number of hydrogen-bond donors (Lipinski definition) is 2. The summed E-state index contributed by atoms with van der Waals surface area (Å²) in [5.41, 5.74) is 6.70. The van der Waals surface area contributed by atoms with Gasteiger partial charge in [-0.05, 0) is 30.7 Å². The van der Waals surface area contributed by atoms with Gasteiger partial charge in [0.05, 0.1) is 19.3 Å². The molecule has 0 fully saturated rings. The summed E-state index contributed by atoms with van der Waals surface area (Å²) in [5, 5.41) is 0.817. The second-order valence-corrected chi connectivity index (χ2v) is 6.65. The van der Waals surface area contributed by atoms with Crippen LogP contribution in [-0.2, 0) is 7.05 Å². The van der Waals surface area contributed by atoms with E-state index in [9.17, 15) is 9.59 Å². The second-order valence-electron chi connectivity index (χ2n) is 6.65. The number of hydrazine groups is 1. The van der Waals surface area contributed by atoms with Gasteiger partial charge in [0.25, 0.3) is 11.8 Å². The van der Waals surface area contributed by atoms with Crippen molar-refractivity contribution in [2.75, 3.05) is 13.7 Å². The van der Waals surface area contributed by atoms with Crippen molar-refractivity contribution in [1.82, 2.24) is 15.4 Å². The molecule has 0 saturated carbocycles. The number of amides is 2. The molecule has 0 aliphatic rings. The van der Waals surface area contributed by atoms with Crippen molar-refractivity contribution < 1.29 is 19.1 Å². The fourth-order valence-electron chi connectivity index (χ4n) is 3.03. The molecular formula is C22H25N3O4. The predicted molar refractivity (Wildman–Crippen MR) is 111 cm³/mol. The average Bonchev–Trinajstić information content (AvgIpc) is 3.09. The number of ether oxygens (including phenoxy) is 2. The van der Waals surface area contributed by atoms with Crippen LogP contribution in [0.4, 0.5) is 0 Å². The Hall–Kier alpha value is -3.48. The third-order valence-electron chi connectivity index (χ3n) is 4.61. The number of unbranched alkanes of at least 4 members (excludes halogenated alkanes) is 1. The molecule has 0 atom stereocenters. The Morgan fingerprint density at radius 1 is 1.03 bits per heavy atom. The van der Waals surface area contributed by atoms with E-state index in [0.717, 1.165) is 23.7 Å². The Labute approximate surface area is 169 Å². The summed E-state index contributed by atoms with van der Waals surface area (Å²) < 4.78 is 12.9. The normalized spacial score (nSPS) is 10.6. The van der Waals surface area contributed by atoms with Crippen molar-refractivity contribution in [2.45, 2.75) is 19.8 Å². The number of carbonyl (C=O) groups is 2. The van der Waals surface area contributed by atoms with Gasteiger partial charge in [0.15, 0.2) is 11.5 Å². The minimum absolute atomic E-state index is 0.350. The van der Waals surface area contributed by atoms with E-state index in [1.54, 1.807) is 24.4 Å². The first-order chi connectivity index (χ1) is 14.0. The molecule has 3 aromatic rings. The molecular weight excluding hydrogens is 370 g/mol. The number of aryl methyl sites for hydroxylation is 1. The summed E-state index contributed by atoms with van der Waals surface area (Å²) >= 11 is 0. The standard InChI is InChI=1S/C22H25N3O4/c1-4-5-12-29-19-11-10-15(13-20(19)28-3)21(26)23-24-22(27)17-14-25(2)18-9-7-6-8-16(17)18/h6-11,13-14H,4-5,12H2,1-3H3,(H,23,26)(H,24,27). The minimum Gasteiger partial charge on any atom is -0.493 e. The Morgan fingerprint density at radius 3 is 2.55 bits per heavy atom. The third kappa shape index (κ3) is 4.51. The lowest BCUT2D eigenvalue weighted by molar-refractivity contribution is 0.0847. The second kappa shape index (κ2) is 9.14. The van der Waals surface area contributed by atoms with Crippen LogP contribution in [0.2, 0.25) is 0 Å². The van der Waals surface area contributed by atoms with Crippen molar-refractivity contribution in [3.8, 4) is 11.5 Å². The van der Waals surface area contributed by atoms with Gasteiger partial charge in [-0.1, -0.05) is 31.5 Å². The number of hydrogen-bond acceptors (Lipinski definition) is 4. The molecule has 0 saturated heterocycles. The van der Waals surface area contributed by atoms with Crippen LogP contribution < -0.4 is 20.3 Å². The number of fused-ring (bicyclic) bond motifs is 1. The van der Waals surface area contributed by atoms with E-state index in [1.165, 1.54) is 7.11 Å². The molecule has 2 N–H and O–H groups in total. The molecule has 7 heteroatoms. The minimum atomic E-state index is -0.447. The molecule has 2 amide bonds. The largest absolute Gasteiger partial charge is 0.493 e. The van der Waals surface area contributed by atoms with Crippen LogP contribution >= 0.6 is 0 Å². The molecule has 0 bridgehead atoms. The zero-order chi connectivity index (χ0) is 20.8. The van der Waals surface area contributed by atoms with Crippen molar-refractivity contribution in [1.29, 1.82) is 0 Å².